The maximum atomic E-state index is 14.2. The standard InChI is InChI=1S/C22H19F5/c1-2-11-3-4-14-16(6-5-15-17(14)9-13(23)10-18(15)24)21(11)12-7-19(25)22(27)20(26)8-12/h2,7-11,14,16,21H,1,3-6H2. The molecule has 0 amide bonds. The minimum Gasteiger partial charge on any atom is -0.207 e. The number of halogens is 5. The number of hydrogen-bond acceptors (Lipinski definition) is 0. The maximum absolute atomic E-state index is 14.2. The zero-order valence-corrected chi connectivity index (χ0v) is 14.6. The molecule has 0 aromatic heterocycles. The second-order valence-electron chi connectivity index (χ2n) is 7.57. The molecule has 5 heteroatoms. The number of rotatable bonds is 2. The lowest BCUT2D eigenvalue weighted by Gasteiger charge is -2.46. The first-order valence-electron chi connectivity index (χ1n) is 9.15. The molecule has 0 bridgehead atoms. The Morgan fingerprint density at radius 3 is 2.22 bits per heavy atom. The second kappa shape index (κ2) is 6.77. The van der Waals surface area contributed by atoms with Crippen LogP contribution in [0.2, 0.25) is 0 Å². The fourth-order valence-corrected chi connectivity index (χ4v) is 5.16. The van der Waals surface area contributed by atoms with Crippen molar-refractivity contribution >= 4 is 0 Å². The predicted molar refractivity (Wildman–Crippen MR) is 92.9 cm³/mol. The summed E-state index contributed by atoms with van der Waals surface area (Å²) in [5, 5.41) is 0. The summed E-state index contributed by atoms with van der Waals surface area (Å²) >= 11 is 0. The first-order chi connectivity index (χ1) is 12.9. The number of allylic oxidation sites excluding steroid dienone is 1. The van der Waals surface area contributed by atoms with Crippen LogP contribution < -0.4 is 0 Å². The lowest BCUT2D eigenvalue weighted by molar-refractivity contribution is 0.193. The first kappa shape index (κ1) is 18.2. The van der Waals surface area contributed by atoms with Crippen molar-refractivity contribution in [3.63, 3.8) is 0 Å². The Bertz CT molecular complexity index is 881. The van der Waals surface area contributed by atoms with Gasteiger partial charge in [0.05, 0.1) is 0 Å². The van der Waals surface area contributed by atoms with Crippen molar-refractivity contribution in [2.45, 2.75) is 37.5 Å². The smallest absolute Gasteiger partial charge is 0.194 e. The summed E-state index contributed by atoms with van der Waals surface area (Å²) in [6.45, 7) is 3.85. The Labute approximate surface area is 154 Å². The van der Waals surface area contributed by atoms with E-state index in [-0.39, 0.29) is 23.7 Å². The highest BCUT2D eigenvalue weighted by Gasteiger charge is 2.43. The molecule has 0 radical (unpaired) electrons. The predicted octanol–water partition coefficient (Wildman–Crippen LogP) is 6.41. The number of benzene rings is 2. The zero-order chi connectivity index (χ0) is 19.3. The van der Waals surface area contributed by atoms with E-state index >= 15 is 0 Å². The minimum absolute atomic E-state index is 0.0320. The molecule has 27 heavy (non-hydrogen) atoms. The highest BCUT2D eigenvalue weighted by molar-refractivity contribution is 5.38. The van der Waals surface area contributed by atoms with E-state index in [0.717, 1.165) is 24.6 Å². The summed E-state index contributed by atoms with van der Waals surface area (Å²) in [4.78, 5) is 0. The van der Waals surface area contributed by atoms with E-state index < -0.39 is 29.1 Å². The van der Waals surface area contributed by atoms with E-state index in [2.05, 4.69) is 6.58 Å². The molecule has 2 aliphatic carbocycles. The van der Waals surface area contributed by atoms with Crippen LogP contribution in [-0.2, 0) is 6.42 Å². The van der Waals surface area contributed by atoms with Crippen LogP contribution in [0.3, 0.4) is 0 Å². The van der Waals surface area contributed by atoms with E-state index in [9.17, 15) is 22.0 Å². The molecule has 2 aromatic carbocycles. The average Bonchev–Trinajstić information content (AvgIpc) is 2.64. The highest BCUT2D eigenvalue weighted by atomic mass is 19.2. The van der Waals surface area contributed by atoms with Gasteiger partial charge in [0, 0.05) is 6.07 Å². The lowest BCUT2D eigenvalue weighted by Crippen LogP contribution is -2.35. The van der Waals surface area contributed by atoms with Crippen LogP contribution in [0.1, 0.15) is 47.8 Å². The van der Waals surface area contributed by atoms with Crippen LogP contribution >= 0.6 is 0 Å². The monoisotopic (exact) mass is 378 g/mol. The SMILES string of the molecule is C=CC1CCC2c3cc(F)cc(F)c3CCC2C1c1cc(F)c(F)c(F)c1. The largest absolute Gasteiger partial charge is 0.207 e. The summed E-state index contributed by atoms with van der Waals surface area (Å²) in [5.74, 6) is -5.53. The van der Waals surface area contributed by atoms with Gasteiger partial charge in [0.25, 0.3) is 0 Å². The third kappa shape index (κ3) is 2.97. The average molecular weight is 378 g/mol. The minimum atomic E-state index is -1.49. The third-order valence-corrected chi connectivity index (χ3v) is 6.27. The zero-order valence-electron chi connectivity index (χ0n) is 14.6. The van der Waals surface area contributed by atoms with Gasteiger partial charge in [-0.15, -0.1) is 6.58 Å². The molecule has 0 aliphatic heterocycles. The molecule has 142 valence electrons. The van der Waals surface area contributed by atoms with Crippen LogP contribution in [0.25, 0.3) is 0 Å². The van der Waals surface area contributed by atoms with Crippen LogP contribution in [0, 0.1) is 40.9 Å². The molecule has 2 aliphatic rings. The normalized spacial score (nSPS) is 27.0. The summed E-state index contributed by atoms with van der Waals surface area (Å²) in [6.07, 6.45) is 4.24. The lowest BCUT2D eigenvalue weighted by atomic mass is 9.58. The van der Waals surface area contributed by atoms with Gasteiger partial charge < -0.3 is 0 Å². The van der Waals surface area contributed by atoms with Gasteiger partial charge in [-0.1, -0.05) is 6.08 Å². The molecule has 0 nitrogen and oxygen atoms in total. The van der Waals surface area contributed by atoms with Crippen LogP contribution in [0.5, 0.6) is 0 Å². The fraction of sp³-hybridized carbons (Fsp3) is 0.364. The van der Waals surface area contributed by atoms with Crippen LogP contribution in [0.4, 0.5) is 22.0 Å². The third-order valence-electron chi connectivity index (χ3n) is 6.27. The summed E-state index contributed by atoms with van der Waals surface area (Å²) < 4.78 is 69.2. The molecule has 0 spiro atoms. The molecular formula is C22H19F5. The highest BCUT2D eigenvalue weighted by Crippen LogP contribution is 2.54. The molecule has 2 aromatic rings. The van der Waals surface area contributed by atoms with E-state index in [1.54, 1.807) is 6.08 Å². The van der Waals surface area contributed by atoms with E-state index in [0.29, 0.717) is 36.0 Å². The van der Waals surface area contributed by atoms with Crippen molar-refractivity contribution < 1.29 is 22.0 Å². The van der Waals surface area contributed by atoms with Crippen molar-refractivity contribution in [1.29, 1.82) is 0 Å². The molecular weight excluding hydrogens is 359 g/mol. The molecule has 1 fully saturated rings. The Kier molecular flexibility index (Phi) is 4.57. The van der Waals surface area contributed by atoms with Gasteiger partial charge in [0.1, 0.15) is 11.6 Å². The van der Waals surface area contributed by atoms with Crippen LogP contribution in [-0.4, -0.2) is 0 Å². The van der Waals surface area contributed by atoms with Gasteiger partial charge in [-0.3, -0.25) is 0 Å². The Balaban J connectivity index is 1.81. The molecule has 0 saturated heterocycles. The van der Waals surface area contributed by atoms with Gasteiger partial charge in [-0.05, 0) is 84.2 Å². The topological polar surface area (TPSA) is 0 Å². The van der Waals surface area contributed by atoms with Crippen molar-refractivity contribution in [2.75, 3.05) is 0 Å². The van der Waals surface area contributed by atoms with Gasteiger partial charge in [0.15, 0.2) is 17.5 Å². The fourth-order valence-electron chi connectivity index (χ4n) is 5.16. The molecule has 0 N–H and O–H groups in total. The van der Waals surface area contributed by atoms with Crippen molar-refractivity contribution in [2.24, 2.45) is 11.8 Å². The van der Waals surface area contributed by atoms with Gasteiger partial charge in [-0.25, -0.2) is 22.0 Å². The number of fused-ring (bicyclic) bond motifs is 3. The van der Waals surface area contributed by atoms with Crippen molar-refractivity contribution in [3.8, 4) is 0 Å². The molecule has 0 heterocycles. The van der Waals surface area contributed by atoms with Crippen molar-refractivity contribution in [3.05, 3.63) is 82.7 Å². The number of hydrogen-bond donors (Lipinski definition) is 0. The van der Waals surface area contributed by atoms with E-state index in [4.69, 9.17) is 0 Å². The van der Waals surface area contributed by atoms with E-state index in [1.165, 1.54) is 6.07 Å². The summed E-state index contributed by atoms with van der Waals surface area (Å²) in [7, 11) is 0. The summed E-state index contributed by atoms with van der Waals surface area (Å²) in [5.41, 5.74) is 1.57. The molecule has 1 saturated carbocycles. The van der Waals surface area contributed by atoms with Gasteiger partial charge >= 0.3 is 0 Å². The Morgan fingerprint density at radius 1 is 0.852 bits per heavy atom. The first-order valence-corrected chi connectivity index (χ1v) is 9.15. The molecule has 4 atom stereocenters. The van der Waals surface area contributed by atoms with Gasteiger partial charge in [-0.2, -0.15) is 0 Å². The Hall–Kier alpha value is -2.17. The summed E-state index contributed by atoms with van der Waals surface area (Å²) in [6, 6.07) is 4.37. The van der Waals surface area contributed by atoms with Crippen molar-refractivity contribution in [1.82, 2.24) is 0 Å². The van der Waals surface area contributed by atoms with E-state index in [1.807, 2.05) is 0 Å². The molecule has 4 rings (SSSR count). The Morgan fingerprint density at radius 2 is 1.56 bits per heavy atom. The second-order valence-corrected chi connectivity index (χ2v) is 7.57. The van der Waals surface area contributed by atoms with Crippen LogP contribution in [0.15, 0.2) is 36.9 Å². The molecule has 4 unspecified atom stereocenters. The van der Waals surface area contributed by atoms with Gasteiger partial charge in [0.2, 0.25) is 0 Å². The maximum Gasteiger partial charge on any atom is 0.194 e. The quantitative estimate of drug-likeness (QED) is 0.322.